The Balaban J connectivity index is 2.34. The van der Waals surface area contributed by atoms with Crippen molar-refractivity contribution in [1.82, 2.24) is 0 Å². The molecule has 0 heterocycles. The van der Waals surface area contributed by atoms with Gasteiger partial charge in [0.1, 0.15) is 11.5 Å². The third kappa shape index (κ3) is 2.88. The quantitative estimate of drug-likeness (QED) is 0.656. The van der Waals surface area contributed by atoms with E-state index in [0.29, 0.717) is 5.69 Å². The van der Waals surface area contributed by atoms with Crippen LogP contribution >= 0.6 is 15.9 Å². The van der Waals surface area contributed by atoms with Crippen molar-refractivity contribution in [2.45, 2.75) is 39.2 Å². The molecule has 0 bridgehead atoms. The van der Waals surface area contributed by atoms with Crippen molar-refractivity contribution in [3.8, 4) is 0 Å². The zero-order valence-electron chi connectivity index (χ0n) is 10.9. The third-order valence-electron chi connectivity index (χ3n) is 3.82. The van der Waals surface area contributed by atoms with E-state index >= 15 is 0 Å². The first-order valence-electron chi connectivity index (χ1n) is 6.21. The first-order chi connectivity index (χ1) is 8.81. The summed E-state index contributed by atoms with van der Waals surface area (Å²) in [5, 5.41) is 14.2. The van der Waals surface area contributed by atoms with Crippen LogP contribution in [0.25, 0.3) is 0 Å². The molecule has 4 nitrogen and oxygen atoms in total. The maximum atomic E-state index is 13.4. The van der Waals surface area contributed by atoms with Gasteiger partial charge in [0, 0.05) is 6.04 Å². The smallest absolute Gasteiger partial charge is 0.295 e. The van der Waals surface area contributed by atoms with Crippen LogP contribution in [0.5, 0.6) is 0 Å². The second-order valence-corrected chi connectivity index (χ2v) is 6.47. The van der Waals surface area contributed by atoms with E-state index in [0.717, 1.165) is 25.3 Å². The van der Waals surface area contributed by atoms with E-state index in [-0.39, 0.29) is 21.6 Å². The summed E-state index contributed by atoms with van der Waals surface area (Å²) >= 11 is 3.07. The minimum atomic E-state index is -0.622. The van der Waals surface area contributed by atoms with Gasteiger partial charge in [0.2, 0.25) is 0 Å². The lowest BCUT2D eigenvalue weighted by atomic mass is 9.87. The van der Waals surface area contributed by atoms with Crippen molar-refractivity contribution in [2.24, 2.45) is 5.41 Å². The summed E-state index contributed by atoms with van der Waals surface area (Å²) in [5.74, 6) is -0.622. The van der Waals surface area contributed by atoms with E-state index in [9.17, 15) is 14.5 Å². The molecule has 2 rings (SSSR count). The van der Waals surface area contributed by atoms with Gasteiger partial charge in [0.25, 0.3) is 5.69 Å². The summed E-state index contributed by atoms with van der Waals surface area (Å²) in [5.41, 5.74) is 0.246. The minimum Gasteiger partial charge on any atom is -0.376 e. The number of nitro benzene ring substituents is 1. The molecule has 0 amide bonds. The van der Waals surface area contributed by atoms with Crippen molar-refractivity contribution in [1.29, 1.82) is 0 Å². The topological polar surface area (TPSA) is 55.2 Å². The standard InChI is InChI=1S/C13H16BrFN2O2/c1-13(2)5-3-4-12(13)16-10-6-8(14)9(15)7-11(10)17(18)19/h6-7,12,16H,3-5H2,1-2H3. The van der Waals surface area contributed by atoms with Crippen molar-refractivity contribution >= 4 is 27.3 Å². The number of nitrogens with one attached hydrogen (secondary N) is 1. The van der Waals surface area contributed by atoms with Gasteiger partial charge in [-0.05, 0) is 40.3 Å². The van der Waals surface area contributed by atoms with Crippen LogP contribution < -0.4 is 5.32 Å². The molecule has 1 aliphatic carbocycles. The Morgan fingerprint density at radius 2 is 2.21 bits per heavy atom. The highest BCUT2D eigenvalue weighted by molar-refractivity contribution is 9.10. The van der Waals surface area contributed by atoms with Crippen LogP contribution in [-0.4, -0.2) is 11.0 Å². The number of hydrogen-bond acceptors (Lipinski definition) is 3. The van der Waals surface area contributed by atoms with Gasteiger partial charge in [-0.2, -0.15) is 0 Å². The highest BCUT2D eigenvalue weighted by atomic mass is 79.9. The van der Waals surface area contributed by atoms with Crippen LogP contribution in [0.15, 0.2) is 16.6 Å². The average molecular weight is 331 g/mol. The molecule has 1 fully saturated rings. The van der Waals surface area contributed by atoms with Crippen LogP contribution in [0.2, 0.25) is 0 Å². The van der Waals surface area contributed by atoms with Gasteiger partial charge in [-0.3, -0.25) is 10.1 Å². The van der Waals surface area contributed by atoms with Gasteiger partial charge in [-0.1, -0.05) is 20.3 Å². The Labute approximate surface area is 119 Å². The molecule has 0 saturated heterocycles. The zero-order chi connectivity index (χ0) is 14.2. The van der Waals surface area contributed by atoms with E-state index < -0.39 is 10.7 Å². The normalized spacial score (nSPS) is 21.4. The Hall–Kier alpha value is -1.17. The Bertz CT molecular complexity index is 520. The van der Waals surface area contributed by atoms with E-state index in [4.69, 9.17) is 0 Å². The summed E-state index contributed by atoms with van der Waals surface area (Å²) in [6, 6.07) is 2.57. The van der Waals surface area contributed by atoms with Crippen molar-refractivity contribution < 1.29 is 9.31 Å². The second-order valence-electron chi connectivity index (χ2n) is 5.62. The van der Waals surface area contributed by atoms with Crippen LogP contribution in [0.4, 0.5) is 15.8 Å². The highest BCUT2D eigenvalue weighted by Gasteiger charge is 2.35. The van der Waals surface area contributed by atoms with Crippen molar-refractivity contribution in [3.63, 3.8) is 0 Å². The molecule has 1 saturated carbocycles. The largest absolute Gasteiger partial charge is 0.376 e. The molecule has 1 atom stereocenters. The molecular formula is C13H16BrFN2O2. The number of halogens is 2. The zero-order valence-corrected chi connectivity index (χ0v) is 12.5. The monoisotopic (exact) mass is 330 g/mol. The number of rotatable bonds is 3. The molecule has 1 unspecified atom stereocenters. The van der Waals surface area contributed by atoms with Crippen LogP contribution in [0, 0.1) is 21.3 Å². The SMILES string of the molecule is CC1(C)CCCC1Nc1cc(Br)c(F)cc1[N+](=O)[O-]. The molecular weight excluding hydrogens is 315 g/mol. The number of benzene rings is 1. The fourth-order valence-corrected chi connectivity index (χ4v) is 2.93. The van der Waals surface area contributed by atoms with Crippen LogP contribution in [-0.2, 0) is 0 Å². The van der Waals surface area contributed by atoms with Gasteiger partial charge < -0.3 is 5.32 Å². The first-order valence-corrected chi connectivity index (χ1v) is 7.00. The van der Waals surface area contributed by atoms with Crippen molar-refractivity contribution in [3.05, 3.63) is 32.5 Å². The van der Waals surface area contributed by atoms with E-state index in [1.54, 1.807) is 0 Å². The molecule has 1 aromatic carbocycles. The predicted molar refractivity (Wildman–Crippen MR) is 75.8 cm³/mol. The second kappa shape index (κ2) is 5.07. The minimum absolute atomic E-state index is 0.0920. The van der Waals surface area contributed by atoms with Crippen LogP contribution in [0.1, 0.15) is 33.1 Å². The average Bonchev–Trinajstić information content (AvgIpc) is 2.63. The lowest BCUT2D eigenvalue weighted by Gasteiger charge is -2.28. The lowest BCUT2D eigenvalue weighted by Crippen LogP contribution is -2.31. The molecule has 0 aromatic heterocycles. The Kier molecular flexibility index (Phi) is 3.80. The summed E-state index contributed by atoms with van der Waals surface area (Å²) in [7, 11) is 0. The van der Waals surface area contributed by atoms with E-state index in [1.165, 1.54) is 6.07 Å². The van der Waals surface area contributed by atoms with Crippen LogP contribution in [0.3, 0.4) is 0 Å². The number of anilines is 1. The summed E-state index contributed by atoms with van der Waals surface area (Å²) < 4.78 is 13.6. The Morgan fingerprint density at radius 1 is 1.53 bits per heavy atom. The summed E-state index contributed by atoms with van der Waals surface area (Å²) in [4.78, 5) is 10.4. The summed E-state index contributed by atoms with van der Waals surface area (Å²) in [6.07, 6.45) is 3.15. The molecule has 6 heteroatoms. The van der Waals surface area contributed by atoms with Gasteiger partial charge >= 0.3 is 0 Å². The van der Waals surface area contributed by atoms with Crippen molar-refractivity contribution in [2.75, 3.05) is 5.32 Å². The predicted octanol–water partition coefficient (Wildman–Crippen LogP) is 4.49. The van der Waals surface area contributed by atoms with Gasteiger partial charge in [-0.15, -0.1) is 0 Å². The van der Waals surface area contributed by atoms with Gasteiger partial charge in [0.05, 0.1) is 15.5 Å². The fourth-order valence-electron chi connectivity index (χ4n) is 2.59. The molecule has 0 radical (unpaired) electrons. The molecule has 0 spiro atoms. The maximum Gasteiger partial charge on any atom is 0.295 e. The van der Waals surface area contributed by atoms with E-state index in [2.05, 4.69) is 35.1 Å². The van der Waals surface area contributed by atoms with Gasteiger partial charge in [0.15, 0.2) is 0 Å². The fraction of sp³-hybridized carbons (Fsp3) is 0.538. The molecule has 1 N–H and O–H groups in total. The summed E-state index contributed by atoms with van der Waals surface area (Å²) in [6.45, 7) is 4.28. The van der Waals surface area contributed by atoms with E-state index in [1.807, 2.05) is 0 Å². The highest BCUT2D eigenvalue weighted by Crippen LogP contribution is 2.41. The number of nitro groups is 1. The molecule has 19 heavy (non-hydrogen) atoms. The lowest BCUT2D eigenvalue weighted by molar-refractivity contribution is -0.384. The molecule has 1 aromatic rings. The third-order valence-corrected chi connectivity index (χ3v) is 4.43. The first kappa shape index (κ1) is 14.2. The number of hydrogen-bond donors (Lipinski definition) is 1. The molecule has 0 aliphatic heterocycles. The maximum absolute atomic E-state index is 13.4. The Morgan fingerprint density at radius 3 is 2.74 bits per heavy atom. The molecule has 104 valence electrons. The number of nitrogens with zero attached hydrogens (tertiary/aromatic N) is 1. The molecule has 1 aliphatic rings. The van der Waals surface area contributed by atoms with Gasteiger partial charge in [-0.25, -0.2) is 4.39 Å².